The van der Waals surface area contributed by atoms with Crippen LogP contribution in [0.2, 0.25) is 0 Å². The standard InChI is InChI=1S/C14H22N4O2/c1-3-4-5-11(18-14(16)20)13(19)17-12-8-10(15)7-6-9(12)2/h6-8,11H,3-5,15H2,1-2H3,(H,17,19)(H3,16,18,20). The zero-order chi connectivity index (χ0) is 15.1. The van der Waals surface area contributed by atoms with Crippen molar-refractivity contribution in [3.05, 3.63) is 23.8 Å². The average molecular weight is 278 g/mol. The lowest BCUT2D eigenvalue weighted by Gasteiger charge is -2.18. The largest absolute Gasteiger partial charge is 0.399 e. The number of carbonyl (C=O) groups excluding carboxylic acids is 2. The number of amides is 3. The van der Waals surface area contributed by atoms with Gasteiger partial charge in [0.25, 0.3) is 0 Å². The number of carbonyl (C=O) groups is 2. The summed E-state index contributed by atoms with van der Waals surface area (Å²) in [6.07, 6.45) is 2.31. The Morgan fingerprint density at radius 2 is 2.05 bits per heavy atom. The summed E-state index contributed by atoms with van der Waals surface area (Å²) in [5.41, 5.74) is 12.9. The molecule has 0 radical (unpaired) electrons. The van der Waals surface area contributed by atoms with E-state index < -0.39 is 12.1 Å². The summed E-state index contributed by atoms with van der Waals surface area (Å²) in [5.74, 6) is -0.286. The van der Waals surface area contributed by atoms with E-state index in [2.05, 4.69) is 10.6 Å². The molecule has 1 aromatic carbocycles. The number of nitrogens with two attached hydrogens (primary N) is 2. The fourth-order valence-electron chi connectivity index (χ4n) is 1.84. The number of hydrogen-bond donors (Lipinski definition) is 4. The maximum atomic E-state index is 12.2. The second kappa shape index (κ2) is 7.37. The number of hydrogen-bond acceptors (Lipinski definition) is 3. The van der Waals surface area contributed by atoms with E-state index in [1.165, 1.54) is 0 Å². The maximum Gasteiger partial charge on any atom is 0.312 e. The molecule has 0 aliphatic heterocycles. The van der Waals surface area contributed by atoms with Crippen molar-refractivity contribution in [1.29, 1.82) is 0 Å². The van der Waals surface area contributed by atoms with Gasteiger partial charge in [-0.1, -0.05) is 25.8 Å². The number of nitrogens with one attached hydrogen (secondary N) is 2. The number of aryl methyl sites for hydroxylation is 1. The molecule has 1 aromatic rings. The van der Waals surface area contributed by atoms with E-state index in [-0.39, 0.29) is 5.91 Å². The average Bonchev–Trinajstić information content (AvgIpc) is 2.38. The Hall–Kier alpha value is -2.24. The second-order valence-corrected chi connectivity index (χ2v) is 4.77. The second-order valence-electron chi connectivity index (χ2n) is 4.77. The molecule has 0 fully saturated rings. The fourth-order valence-corrected chi connectivity index (χ4v) is 1.84. The van der Waals surface area contributed by atoms with Crippen LogP contribution in [0, 0.1) is 6.92 Å². The lowest BCUT2D eigenvalue weighted by molar-refractivity contribution is -0.118. The number of unbranched alkanes of at least 4 members (excludes halogenated alkanes) is 1. The first-order chi connectivity index (χ1) is 9.43. The number of urea groups is 1. The maximum absolute atomic E-state index is 12.2. The van der Waals surface area contributed by atoms with Crippen LogP contribution in [0.5, 0.6) is 0 Å². The van der Waals surface area contributed by atoms with E-state index in [4.69, 9.17) is 11.5 Å². The van der Waals surface area contributed by atoms with Gasteiger partial charge in [0.15, 0.2) is 0 Å². The van der Waals surface area contributed by atoms with Gasteiger partial charge < -0.3 is 22.1 Å². The molecule has 3 amide bonds. The molecule has 6 heteroatoms. The fraction of sp³-hybridized carbons (Fsp3) is 0.429. The Balaban J connectivity index is 2.78. The highest BCUT2D eigenvalue weighted by Crippen LogP contribution is 2.18. The molecule has 0 saturated carbocycles. The van der Waals surface area contributed by atoms with Gasteiger partial charge in [-0.2, -0.15) is 0 Å². The first-order valence-electron chi connectivity index (χ1n) is 6.67. The summed E-state index contributed by atoms with van der Waals surface area (Å²) in [7, 11) is 0. The molecule has 110 valence electrons. The molecule has 6 N–H and O–H groups in total. The van der Waals surface area contributed by atoms with Gasteiger partial charge in [0.05, 0.1) is 0 Å². The lowest BCUT2D eigenvalue weighted by Crippen LogP contribution is -2.46. The SMILES string of the molecule is CCCCC(NC(N)=O)C(=O)Nc1cc(N)ccc1C. The summed E-state index contributed by atoms with van der Waals surface area (Å²) in [6, 6.07) is 3.95. The Kier molecular flexibility index (Phi) is 5.83. The highest BCUT2D eigenvalue weighted by atomic mass is 16.2. The first-order valence-corrected chi connectivity index (χ1v) is 6.67. The summed E-state index contributed by atoms with van der Waals surface area (Å²) in [4.78, 5) is 23.2. The van der Waals surface area contributed by atoms with E-state index in [1.54, 1.807) is 12.1 Å². The van der Waals surface area contributed by atoms with Gasteiger partial charge in [-0.05, 0) is 31.0 Å². The zero-order valence-electron chi connectivity index (χ0n) is 11.9. The quantitative estimate of drug-likeness (QED) is 0.595. The van der Waals surface area contributed by atoms with Gasteiger partial charge in [0.2, 0.25) is 5.91 Å². The van der Waals surface area contributed by atoms with Crippen molar-refractivity contribution in [2.24, 2.45) is 5.73 Å². The van der Waals surface area contributed by atoms with Crippen molar-refractivity contribution in [3.63, 3.8) is 0 Å². The molecule has 0 saturated heterocycles. The highest BCUT2D eigenvalue weighted by Gasteiger charge is 2.19. The summed E-state index contributed by atoms with van der Waals surface area (Å²) in [6.45, 7) is 3.89. The van der Waals surface area contributed by atoms with Crippen molar-refractivity contribution in [2.75, 3.05) is 11.1 Å². The number of rotatable bonds is 6. The van der Waals surface area contributed by atoms with Crippen LogP contribution in [0.25, 0.3) is 0 Å². The molecule has 0 aliphatic carbocycles. The highest BCUT2D eigenvalue weighted by molar-refractivity contribution is 5.97. The first kappa shape index (κ1) is 15.8. The Labute approximate surface area is 118 Å². The third-order valence-electron chi connectivity index (χ3n) is 3.00. The van der Waals surface area contributed by atoms with Gasteiger partial charge in [0.1, 0.15) is 6.04 Å². The predicted molar refractivity (Wildman–Crippen MR) is 80.3 cm³/mol. The number of anilines is 2. The smallest absolute Gasteiger partial charge is 0.312 e. The monoisotopic (exact) mass is 278 g/mol. The molecule has 6 nitrogen and oxygen atoms in total. The van der Waals surface area contributed by atoms with Gasteiger partial charge in [-0.3, -0.25) is 4.79 Å². The topological polar surface area (TPSA) is 110 Å². The molecular weight excluding hydrogens is 256 g/mol. The van der Waals surface area contributed by atoms with E-state index in [0.717, 1.165) is 18.4 Å². The predicted octanol–water partition coefficient (Wildman–Crippen LogP) is 1.74. The van der Waals surface area contributed by atoms with Crippen LogP contribution in [-0.2, 0) is 4.79 Å². The third-order valence-corrected chi connectivity index (χ3v) is 3.00. The Morgan fingerprint density at radius 1 is 1.35 bits per heavy atom. The third kappa shape index (κ3) is 4.79. The minimum Gasteiger partial charge on any atom is -0.399 e. The van der Waals surface area contributed by atoms with Crippen LogP contribution >= 0.6 is 0 Å². The van der Waals surface area contributed by atoms with Crippen LogP contribution in [0.4, 0.5) is 16.2 Å². The van der Waals surface area contributed by atoms with Crippen molar-refractivity contribution in [2.45, 2.75) is 39.2 Å². The van der Waals surface area contributed by atoms with Crippen LogP contribution in [-0.4, -0.2) is 18.0 Å². The van der Waals surface area contributed by atoms with Gasteiger partial charge in [0, 0.05) is 11.4 Å². The van der Waals surface area contributed by atoms with Crippen molar-refractivity contribution >= 4 is 23.3 Å². The van der Waals surface area contributed by atoms with E-state index in [1.807, 2.05) is 19.9 Å². The molecule has 1 rings (SSSR count). The Bertz CT molecular complexity index is 488. The molecule has 1 atom stereocenters. The Morgan fingerprint density at radius 3 is 2.65 bits per heavy atom. The van der Waals surface area contributed by atoms with Crippen molar-refractivity contribution < 1.29 is 9.59 Å². The van der Waals surface area contributed by atoms with E-state index in [9.17, 15) is 9.59 Å². The molecule has 0 spiro atoms. The number of nitrogen functional groups attached to an aromatic ring is 1. The van der Waals surface area contributed by atoms with Gasteiger partial charge in [-0.25, -0.2) is 4.79 Å². The zero-order valence-corrected chi connectivity index (χ0v) is 11.9. The minimum absolute atomic E-state index is 0.286. The van der Waals surface area contributed by atoms with Crippen LogP contribution < -0.4 is 22.1 Å². The molecule has 20 heavy (non-hydrogen) atoms. The molecule has 1 unspecified atom stereocenters. The number of benzene rings is 1. The molecule has 0 bridgehead atoms. The summed E-state index contributed by atoms with van der Waals surface area (Å²) < 4.78 is 0. The van der Waals surface area contributed by atoms with E-state index in [0.29, 0.717) is 17.8 Å². The number of primary amides is 1. The van der Waals surface area contributed by atoms with Crippen molar-refractivity contribution in [1.82, 2.24) is 5.32 Å². The van der Waals surface area contributed by atoms with E-state index >= 15 is 0 Å². The summed E-state index contributed by atoms with van der Waals surface area (Å²) >= 11 is 0. The van der Waals surface area contributed by atoms with Gasteiger partial charge >= 0.3 is 6.03 Å². The normalized spacial score (nSPS) is 11.7. The van der Waals surface area contributed by atoms with Crippen LogP contribution in [0.3, 0.4) is 0 Å². The summed E-state index contributed by atoms with van der Waals surface area (Å²) in [5, 5.41) is 5.24. The van der Waals surface area contributed by atoms with Crippen molar-refractivity contribution in [3.8, 4) is 0 Å². The van der Waals surface area contributed by atoms with Crippen LogP contribution in [0.15, 0.2) is 18.2 Å². The molecule has 0 aliphatic rings. The lowest BCUT2D eigenvalue weighted by atomic mass is 10.1. The minimum atomic E-state index is -0.703. The molecule has 0 heterocycles. The molecular formula is C14H22N4O2. The van der Waals surface area contributed by atoms with Gasteiger partial charge in [-0.15, -0.1) is 0 Å². The van der Waals surface area contributed by atoms with Crippen LogP contribution in [0.1, 0.15) is 31.7 Å². The molecule has 0 aromatic heterocycles.